The van der Waals surface area contributed by atoms with Crippen molar-refractivity contribution < 1.29 is 4.79 Å². The predicted molar refractivity (Wildman–Crippen MR) is 72.0 cm³/mol. The highest BCUT2D eigenvalue weighted by Crippen LogP contribution is 2.19. The molecule has 4 nitrogen and oxygen atoms in total. The van der Waals surface area contributed by atoms with Crippen molar-refractivity contribution in [3.63, 3.8) is 0 Å². The van der Waals surface area contributed by atoms with Gasteiger partial charge in [-0.05, 0) is 26.0 Å². The van der Waals surface area contributed by atoms with E-state index in [0.717, 1.165) is 9.88 Å². The Hall–Kier alpha value is -1.46. The van der Waals surface area contributed by atoms with Crippen LogP contribution in [0, 0.1) is 6.92 Å². The summed E-state index contributed by atoms with van der Waals surface area (Å²) >= 11 is 7.31. The monoisotopic (exact) mass is 281 g/mol. The number of aromatic nitrogens is 2. The van der Waals surface area contributed by atoms with Crippen LogP contribution in [0.15, 0.2) is 24.4 Å². The number of halogens is 1. The van der Waals surface area contributed by atoms with E-state index in [9.17, 15) is 4.79 Å². The fraction of sp³-hybridized carbons (Fsp3) is 0.250. The minimum Gasteiger partial charge on any atom is -0.342 e. The Kier molecular flexibility index (Phi) is 3.93. The summed E-state index contributed by atoms with van der Waals surface area (Å²) in [6, 6.07) is 4.81. The van der Waals surface area contributed by atoms with Gasteiger partial charge in [0.05, 0.1) is 6.04 Å². The Morgan fingerprint density at radius 1 is 1.50 bits per heavy atom. The molecule has 0 fully saturated rings. The number of carbonyl (C=O) groups excluding carboxylic acids is 1. The average Bonchev–Trinajstić information content (AvgIpc) is 2.76. The lowest BCUT2D eigenvalue weighted by Crippen LogP contribution is -2.27. The molecule has 1 amide bonds. The lowest BCUT2D eigenvalue weighted by Gasteiger charge is -2.10. The molecule has 0 aliphatic heterocycles. The molecule has 0 saturated heterocycles. The molecule has 2 rings (SSSR count). The maximum absolute atomic E-state index is 11.9. The molecule has 0 saturated carbocycles. The first kappa shape index (κ1) is 13.0. The minimum absolute atomic E-state index is 0.142. The molecule has 0 radical (unpaired) electrons. The van der Waals surface area contributed by atoms with Gasteiger partial charge in [0.1, 0.15) is 15.9 Å². The van der Waals surface area contributed by atoms with Crippen LogP contribution in [0.25, 0.3) is 0 Å². The summed E-state index contributed by atoms with van der Waals surface area (Å²) in [6.45, 7) is 3.87. The number of carbonyl (C=O) groups is 1. The maximum atomic E-state index is 11.9. The van der Waals surface area contributed by atoms with Crippen LogP contribution in [-0.2, 0) is 0 Å². The van der Waals surface area contributed by atoms with Gasteiger partial charge in [0.25, 0.3) is 5.91 Å². The summed E-state index contributed by atoms with van der Waals surface area (Å²) in [5.41, 5.74) is 0.308. The van der Waals surface area contributed by atoms with Gasteiger partial charge >= 0.3 is 0 Å². The van der Waals surface area contributed by atoms with Crippen molar-refractivity contribution in [1.29, 1.82) is 0 Å². The first-order valence-electron chi connectivity index (χ1n) is 5.42. The molecule has 1 unspecified atom stereocenters. The Balaban J connectivity index is 2.08. The molecule has 94 valence electrons. The van der Waals surface area contributed by atoms with Crippen LogP contribution in [0.1, 0.15) is 33.3 Å². The second-order valence-corrected chi connectivity index (χ2v) is 5.50. The summed E-state index contributed by atoms with van der Waals surface area (Å²) in [5.74, 6) is -0.252. The summed E-state index contributed by atoms with van der Waals surface area (Å²) in [5, 5.41) is 4.02. The zero-order valence-electron chi connectivity index (χ0n) is 9.98. The Labute approximate surface area is 114 Å². The molecule has 2 aromatic heterocycles. The second kappa shape index (κ2) is 5.46. The van der Waals surface area contributed by atoms with E-state index in [1.165, 1.54) is 0 Å². The van der Waals surface area contributed by atoms with Gasteiger partial charge in [0.15, 0.2) is 0 Å². The van der Waals surface area contributed by atoms with Crippen LogP contribution in [0.5, 0.6) is 0 Å². The van der Waals surface area contributed by atoms with Crippen molar-refractivity contribution in [3.8, 4) is 0 Å². The second-order valence-electron chi connectivity index (χ2n) is 3.85. The Morgan fingerprint density at radius 2 is 2.28 bits per heavy atom. The highest BCUT2D eigenvalue weighted by Gasteiger charge is 2.14. The van der Waals surface area contributed by atoms with Gasteiger partial charge in [-0.25, -0.2) is 9.97 Å². The smallest absolute Gasteiger partial charge is 0.270 e. The van der Waals surface area contributed by atoms with Crippen LogP contribution in [0.2, 0.25) is 5.15 Å². The molecular formula is C12H12ClN3OS. The number of nitrogens with zero attached hydrogens (tertiary/aromatic N) is 2. The number of aryl methyl sites for hydroxylation is 1. The highest BCUT2D eigenvalue weighted by molar-refractivity contribution is 7.11. The zero-order chi connectivity index (χ0) is 13.1. The standard InChI is InChI=1S/C12H12ClN3OS/c1-7-6-14-12(18-7)8(2)15-11(17)9-4-3-5-10(13)16-9/h3-6,8H,1-2H3,(H,15,17). The molecule has 0 aromatic carbocycles. The van der Waals surface area contributed by atoms with Crippen molar-refractivity contribution in [2.24, 2.45) is 0 Å². The van der Waals surface area contributed by atoms with Crippen molar-refractivity contribution in [3.05, 3.63) is 45.1 Å². The quantitative estimate of drug-likeness (QED) is 0.880. The fourth-order valence-electron chi connectivity index (χ4n) is 1.44. The lowest BCUT2D eigenvalue weighted by atomic mass is 10.3. The number of rotatable bonds is 3. The number of nitrogens with one attached hydrogen (secondary N) is 1. The van der Waals surface area contributed by atoms with E-state index < -0.39 is 0 Å². The first-order chi connectivity index (χ1) is 8.56. The van der Waals surface area contributed by atoms with Crippen LogP contribution in [0.3, 0.4) is 0 Å². The normalized spacial score (nSPS) is 12.2. The van der Waals surface area contributed by atoms with E-state index in [1.807, 2.05) is 13.8 Å². The molecule has 6 heteroatoms. The largest absolute Gasteiger partial charge is 0.342 e. The molecule has 0 spiro atoms. The molecule has 2 heterocycles. The Morgan fingerprint density at radius 3 is 2.89 bits per heavy atom. The van der Waals surface area contributed by atoms with Gasteiger partial charge in [-0.3, -0.25) is 4.79 Å². The van der Waals surface area contributed by atoms with Gasteiger partial charge in [0, 0.05) is 11.1 Å². The van der Waals surface area contributed by atoms with Crippen LogP contribution in [0.4, 0.5) is 0 Å². The molecule has 0 bridgehead atoms. The van der Waals surface area contributed by atoms with Crippen LogP contribution in [-0.4, -0.2) is 15.9 Å². The third-order valence-corrected chi connectivity index (χ3v) is 3.61. The van der Waals surface area contributed by atoms with Crippen molar-refractivity contribution in [2.45, 2.75) is 19.9 Å². The van der Waals surface area contributed by atoms with E-state index in [0.29, 0.717) is 10.8 Å². The topological polar surface area (TPSA) is 54.9 Å². The van der Waals surface area contributed by atoms with Crippen LogP contribution < -0.4 is 5.32 Å². The lowest BCUT2D eigenvalue weighted by molar-refractivity contribution is 0.0935. The maximum Gasteiger partial charge on any atom is 0.270 e. The van der Waals surface area contributed by atoms with E-state index in [4.69, 9.17) is 11.6 Å². The minimum atomic E-state index is -0.252. The number of amides is 1. The third kappa shape index (κ3) is 3.05. The molecule has 2 aromatic rings. The van der Waals surface area contributed by atoms with Gasteiger partial charge in [-0.1, -0.05) is 17.7 Å². The molecule has 0 aliphatic carbocycles. The van der Waals surface area contributed by atoms with E-state index in [-0.39, 0.29) is 11.9 Å². The summed E-state index contributed by atoms with van der Waals surface area (Å²) in [6.07, 6.45) is 1.79. The van der Waals surface area contributed by atoms with Gasteiger partial charge < -0.3 is 5.32 Å². The number of hydrogen-bond acceptors (Lipinski definition) is 4. The number of hydrogen-bond donors (Lipinski definition) is 1. The van der Waals surface area contributed by atoms with Gasteiger partial charge in [-0.2, -0.15) is 0 Å². The zero-order valence-corrected chi connectivity index (χ0v) is 11.5. The van der Waals surface area contributed by atoms with E-state index in [1.54, 1.807) is 35.7 Å². The van der Waals surface area contributed by atoms with E-state index >= 15 is 0 Å². The SMILES string of the molecule is Cc1cnc(C(C)NC(=O)c2cccc(Cl)n2)s1. The summed E-state index contributed by atoms with van der Waals surface area (Å²) in [7, 11) is 0. The first-order valence-corrected chi connectivity index (χ1v) is 6.61. The third-order valence-electron chi connectivity index (χ3n) is 2.30. The van der Waals surface area contributed by atoms with Gasteiger partial charge in [-0.15, -0.1) is 11.3 Å². The van der Waals surface area contributed by atoms with Crippen molar-refractivity contribution in [2.75, 3.05) is 0 Å². The van der Waals surface area contributed by atoms with Crippen molar-refractivity contribution >= 4 is 28.8 Å². The highest BCUT2D eigenvalue weighted by atomic mass is 35.5. The summed E-state index contributed by atoms with van der Waals surface area (Å²) < 4.78 is 0. The Bertz CT molecular complexity index is 570. The molecule has 0 aliphatic rings. The average molecular weight is 282 g/mol. The van der Waals surface area contributed by atoms with Gasteiger partial charge in [0.2, 0.25) is 0 Å². The molecular weight excluding hydrogens is 270 g/mol. The number of pyridine rings is 1. The van der Waals surface area contributed by atoms with Crippen molar-refractivity contribution in [1.82, 2.24) is 15.3 Å². The summed E-state index contributed by atoms with van der Waals surface area (Å²) in [4.78, 5) is 21.2. The fourth-order valence-corrected chi connectivity index (χ4v) is 2.38. The van der Waals surface area contributed by atoms with Crippen LogP contribution >= 0.6 is 22.9 Å². The number of thiazole rings is 1. The molecule has 1 N–H and O–H groups in total. The molecule has 18 heavy (non-hydrogen) atoms. The molecule has 1 atom stereocenters. The predicted octanol–water partition coefficient (Wildman–Crippen LogP) is 2.99. The van der Waals surface area contributed by atoms with E-state index in [2.05, 4.69) is 15.3 Å².